The second-order valence-corrected chi connectivity index (χ2v) is 5.01. The van der Waals surface area contributed by atoms with Crippen LogP contribution in [0.1, 0.15) is 11.1 Å². The van der Waals surface area contributed by atoms with Gasteiger partial charge in [0.15, 0.2) is 0 Å². The quantitative estimate of drug-likeness (QED) is 0.867. The number of aliphatic carboxylic acids is 1. The molecule has 0 unspecified atom stereocenters. The molecule has 0 saturated carbocycles. The molecule has 0 bridgehead atoms. The van der Waals surface area contributed by atoms with E-state index >= 15 is 0 Å². The van der Waals surface area contributed by atoms with Crippen molar-refractivity contribution in [3.8, 4) is 5.75 Å². The zero-order valence-corrected chi connectivity index (χ0v) is 11.1. The highest BCUT2D eigenvalue weighted by Crippen LogP contribution is 2.41. The maximum Gasteiger partial charge on any atom is 0.426 e. The Bertz CT molecular complexity index is 591. The highest BCUT2D eigenvalue weighted by Gasteiger charge is 2.52. The number of halogens is 4. The molecular formula is C12H9ClF3NO4. The first kappa shape index (κ1) is 15.6. The van der Waals surface area contributed by atoms with E-state index in [-0.39, 0.29) is 28.3 Å². The van der Waals surface area contributed by atoms with Gasteiger partial charge in [0.2, 0.25) is 6.10 Å². The fraction of sp³-hybridized carbons (Fsp3) is 0.417. The zero-order chi connectivity index (χ0) is 15.8. The summed E-state index contributed by atoms with van der Waals surface area (Å²) in [5.41, 5.74) is 0.319. The molecule has 9 heteroatoms. The van der Waals surface area contributed by atoms with Crippen LogP contribution in [0.2, 0.25) is 5.02 Å². The molecule has 0 aromatic heterocycles. The maximum absolute atomic E-state index is 12.9. The minimum Gasteiger partial charge on any atom is -0.481 e. The predicted molar refractivity (Wildman–Crippen MR) is 66.3 cm³/mol. The third-order valence-electron chi connectivity index (χ3n) is 3.13. The zero-order valence-electron chi connectivity index (χ0n) is 10.4. The Hall–Kier alpha value is -1.83. The van der Waals surface area contributed by atoms with Crippen LogP contribution in [0.25, 0.3) is 0 Å². The lowest BCUT2D eigenvalue weighted by Gasteiger charge is -2.33. The molecule has 0 amide bonds. The molecule has 1 aromatic carbocycles. The second kappa shape index (κ2) is 5.51. The average Bonchev–Trinajstić information content (AvgIpc) is 2.36. The Morgan fingerprint density at radius 1 is 1.48 bits per heavy atom. The molecule has 1 aliphatic rings. The van der Waals surface area contributed by atoms with Crippen molar-refractivity contribution in [2.24, 2.45) is 11.1 Å². The lowest BCUT2D eigenvalue weighted by molar-refractivity contribution is -0.217. The fourth-order valence-electron chi connectivity index (χ4n) is 2.27. The number of nitrogens with zero attached hydrogens (tertiary/aromatic N) is 1. The number of hydrogen-bond donors (Lipinski definition) is 1. The van der Waals surface area contributed by atoms with Crippen molar-refractivity contribution in [1.29, 1.82) is 0 Å². The van der Waals surface area contributed by atoms with Crippen LogP contribution in [0.15, 0.2) is 17.3 Å². The third kappa shape index (κ3) is 3.10. The number of nitroso groups, excluding NO2 is 1. The van der Waals surface area contributed by atoms with E-state index in [1.165, 1.54) is 12.1 Å². The lowest BCUT2D eigenvalue weighted by atomic mass is 9.89. The van der Waals surface area contributed by atoms with Gasteiger partial charge in [-0.2, -0.15) is 18.1 Å². The van der Waals surface area contributed by atoms with Gasteiger partial charge in [0.25, 0.3) is 0 Å². The number of ether oxygens (including phenoxy) is 1. The van der Waals surface area contributed by atoms with Crippen LogP contribution < -0.4 is 4.74 Å². The van der Waals surface area contributed by atoms with E-state index in [0.29, 0.717) is 0 Å². The first-order valence-corrected chi connectivity index (χ1v) is 6.18. The van der Waals surface area contributed by atoms with Crippen LogP contribution in [0.3, 0.4) is 0 Å². The topological polar surface area (TPSA) is 76.0 Å². The van der Waals surface area contributed by atoms with E-state index in [1.54, 1.807) is 0 Å². The number of rotatable bonds is 3. The Morgan fingerprint density at radius 2 is 2.14 bits per heavy atom. The van der Waals surface area contributed by atoms with Crippen molar-refractivity contribution in [3.63, 3.8) is 0 Å². The molecule has 0 aliphatic carbocycles. The van der Waals surface area contributed by atoms with Gasteiger partial charge in [-0.3, -0.25) is 4.79 Å². The average molecular weight is 324 g/mol. The fourth-order valence-corrected chi connectivity index (χ4v) is 2.53. The van der Waals surface area contributed by atoms with E-state index < -0.39 is 30.7 Å². The normalized spacial score (nSPS) is 21.3. The molecular weight excluding hydrogens is 315 g/mol. The number of hydrogen-bond acceptors (Lipinski definition) is 4. The maximum atomic E-state index is 12.9. The van der Waals surface area contributed by atoms with E-state index in [1.807, 2.05) is 0 Å². The van der Waals surface area contributed by atoms with Crippen LogP contribution >= 0.6 is 11.6 Å². The molecule has 0 radical (unpaired) electrons. The standard InChI is InChI=1S/C12H9ClF3NO4/c13-7-1-5-3-8(11(18)19)10(12(14,15)16)21-9(5)6(2-7)4-17-20/h1-2,8,10H,3-4H2,(H,18,19)/t8-,10+/m1/s1. The molecule has 114 valence electrons. The summed E-state index contributed by atoms with van der Waals surface area (Å²) in [5, 5.41) is 11.7. The minimum atomic E-state index is -4.84. The van der Waals surface area contributed by atoms with Gasteiger partial charge in [-0.15, -0.1) is 0 Å². The Labute approximate surface area is 121 Å². The van der Waals surface area contributed by atoms with Crippen molar-refractivity contribution in [1.82, 2.24) is 0 Å². The Kier molecular flexibility index (Phi) is 4.08. The molecule has 2 atom stereocenters. The van der Waals surface area contributed by atoms with Crippen molar-refractivity contribution in [3.05, 3.63) is 33.2 Å². The van der Waals surface area contributed by atoms with Gasteiger partial charge < -0.3 is 9.84 Å². The molecule has 1 aromatic rings. The number of carboxylic acids is 1. The highest BCUT2D eigenvalue weighted by molar-refractivity contribution is 6.30. The van der Waals surface area contributed by atoms with Crippen LogP contribution in [0.4, 0.5) is 13.2 Å². The Balaban J connectivity index is 2.51. The van der Waals surface area contributed by atoms with Crippen molar-refractivity contribution in [2.45, 2.75) is 25.2 Å². The summed E-state index contributed by atoms with van der Waals surface area (Å²) in [7, 11) is 0. The summed E-state index contributed by atoms with van der Waals surface area (Å²) in [4.78, 5) is 21.4. The van der Waals surface area contributed by atoms with Crippen LogP contribution in [-0.2, 0) is 17.8 Å². The van der Waals surface area contributed by atoms with E-state index in [4.69, 9.17) is 21.4 Å². The van der Waals surface area contributed by atoms with Crippen LogP contribution in [0, 0.1) is 10.8 Å². The van der Waals surface area contributed by atoms with E-state index in [2.05, 4.69) is 5.18 Å². The van der Waals surface area contributed by atoms with Gasteiger partial charge in [0.1, 0.15) is 18.2 Å². The molecule has 2 rings (SSSR count). The molecule has 0 fully saturated rings. The van der Waals surface area contributed by atoms with Gasteiger partial charge in [0, 0.05) is 10.6 Å². The molecule has 5 nitrogen and oxygen atoms in total. The molecule has 1 N–H and O–H groups in total. The monoisotopic (exact) mass is 323 g/mol. The summed E-state index contributed by atoms with van der Waals surface area (Å²) >= 11 is 5.80. The number of fused-ring (bicyclic) bond motifs is 1. The minimum absolute atomic E-state index is 0.102. The summed E-state index contributed by atoms with van der Waals surface area (Å²) < 4.78 is 43.7. The van der Waals surface area contributed by atoms with Gasteiger partial charge in [-0.1, -0.05) is 16.8 Å². The summed E-state index contributed by atoms with van der Waals surface area (Å²) in [6.07, 6.45) is -7.71. The number of carbonyl (C=O) groups is 1. The summed E-state index contributed by atoms with van der Waals surface area (Å²) in [6, 6.07) is 2.60. The van der Waals surface area contributed by atoms with E-state index in [9.17, 15) is 22.9 Å². The molecule has 0 saturated heterocycles. The van der Waals surface area contributed by atoms with Gasteiger partial charge in [-0.25, -0.2) is 0 Å². The first-order chi connectivity index (χ1) is 9.74. The molecule has 1 heterocycles. The molecule has 21 heavy (non-hydrogen) atoms. The van der Waals surface area contributed by atoms with Crippen LogP contribution in [-0.4, -0.2) is 23.4 Å². The molecule has 1 aliphatic heterocycles. The predicted octanol–water partition coefficient (Wildman–Crippen LogP) is 3.17. The second-order valence-electron chi connectivity index (χ2n) is 4.57. The number of alkyl halides is 3. The van der Waals surface area contributed by atoms with Gasteiger partial charge in [-0.05, 0) is 24.1 Å². The van der Waals surface area contributed by atoms with Gasteiger partial charge in [0.05, 0.1) is 0 Å². The highest BCUT2D eigenvalue weighted by atomic mass is 35.5. The number of carboxylic acid groups (broad SMARTS) is 1. The van der Waals surface area contributed by atoms with Crippen LogP contribution in [0.5, 0.6) is 5.75 Å². The summed E-state index contributed by atoms with van der Waals surface area (Å²) in [6.45, 7) is -0.411. The lowest BCUT2D eigenvalue weighted by Crippen LogP contribution is -2.47. The van der Waals surface area contributed by atoms with Gasteiger partial charge >= 0.3 is 12.1 Å². The largest absolute Gasteiger partial charge is 0.481 e. The SMILES string of the molecule is O=NCc1cc(Cl)cc2c1O[C@H](C(F)(F)F)[C@H](C(=O)O)C2. The summed E-state index contributed by atoms with van der Waals surface area (Å²) in [5.74, 6) is -3.55. The van der Waals surface area contributed by atoms with Crippen molar-refractivity contribution in [2.75, 3.05) is 0 Å². The third-order valence-corrected chi connectivity index (χ3v) is 3.35. The number of benzene rings is 1. The van der Waals surface area contributed by atoms with Crippen molar-refractivity contribution < 1.29 is 27.8 Å². The molecule has 0 spiro atoms. The van der Waals surface area contributed by atoms with Crippen molar-refractivity contribution >= 4 is 17.6 Å². The Morgan fingerprint density at radius 3 is 2.67 bits per heavy atom. The smallest absolute Gasteiger partial charge is 0.426 e. The van der Waals surface area contributed by atoms with E-state index in [0.717, 1.165) is 0 Å². The first-order valence-electron chi connectivity index (χ1n) is 5.80.